The number of aliphatic hydroxyl groups is 1. The summed E-state index contributed by atoms with van der Waals surface area (Å²) in [6.07, 6.45) is 10.3. The Morgan fingerprint density at radius 2 is 1.88 bits per heavy atom. The van der Waals surface area contributed by atoms with Gasteiger partial charge in [-0.1, -0.05) is 26.8 Å². The van der Waals surface area contributed by atoms with Crippen LogP contribution in [0, 0.1) is 0 Å². The van der Waals surface area contributed by atoms with Gasteiger partial charge in [-0.2, -0.15) is 0 Å². The maximum Gasteiger partial charge on any atom is 0.106 e. The third-order valence-corrected chi connectivity index (χ3v) is 6.35. The fourth-order valence-corrected chi connectivity index (χ4v) is 4.76. The second-order valence-corrected chi connectivity index (χ2v) is 7.63. The monoisotopic (exact) mass is 365 g/mol. The summed E-state index contributed by atoms with van der Waals surface area (Å²) in [6, 6.07) is 1.87. The van der Waals surface area contributed by atoms with Gasteiger partial charge in [0.1, 0.15) is 5.60 Å². The van der Waals surface area contributed by atoms with Crippen molar-refractivity contribution in [2.75, 3.05) is 27.2 Å². The maximum atomic E-state index is 11.0. The van der Waals surface area contributed by atoms with Crippen LogP contribution in [0.1, 0.15) is 73.1 Å². The molecule has 2 unspecified atom stereocenters. The van der Waals surface area contributed by atoms with Gasteiger partial charge >= 0.3 is 0 Å². The molecule has 0 aromatic heterocycles. The maximum absolute atomic E-state index is 11.0. The van der Waals surface area contributed by atoms with Crippen LogP contribution in [0.15, 0.2) is 17.1 Å². The summed E-state index contributed by atoms with van der Waals surface area (Å²) in [5.74, 6) is 0. The number of hydrogen-bond acceptors (Lipinski definition) is 4. The van der Waals surface area contributed by atoms with Crippen molar-refractivity contribution in [3.63, 3.8) is 0 Å². The summed E-state index contributed by atoms with van der Waals surface area (Å²) in [7, 11) is 4.04. The number of piperidine rings is 1. The van der Waals surface area contributed by atoms with Crippen LogP contribution in [0.3, 0.4) is 0 Å². The van der Waals surface area contributed by atoms with Gasteiger partial charge in [0.15, 0.2) is 0 Å². The van der Waals surface area contributed by atoms with Crippen LogP contribution < -0.4 is 0 Å². The Morgan fingerprint density at radius 1 is 1.27 bits per heavy atom. The molecule has 0 aromatic rings. The van der Waals surface area contributed by atoms with E-state index in [1.165, 1.54) is 19.4 Å². The molecule has 4 nitrogen and oxygen atoms in total. The number of likely N-dealkylation sites (tertiary alicyclic amines) is 1. The molecular weight excluding hydrogens is 322 g/mol. The predicted octanol–water partition coefficient (Wildman–Crippen LogP) is 4.14. The lowest BCUT2D eigenvalue weighted by atomic mass is 9.77. The third-order valence-electron chi connectivity index (χ3n) is 6.35. The molecular formula is C22H43N3O. The number of allylic oxidation sites excluding steroid dienone is 1. The smallest absolute Gasteiger partial charge is 0.106 e. The highest BCUT2D eigenvalue weighted by atomic mass is 16.3. The van der Waals surface area contributed by atoms with Gasteiger partial charge in [-0.25, -0.2) is 0 Å². The van der Waals surface area contributed by atoms with Crippen LogP contribution in [0.25, 0.3) is 0 Å². The molecule has 2 fully saturated rings. The minimum absolute atomic E-state index is 0.595. The number of rotatable bonds is 5. The van der Waals surface area contributed by atoms with Crippen molar-refractivity contribution in [2.24, 2.45) is 4.99 Å². The largest absolute Gasteiger partial charge is 0.384 e. The van der Waals surface area contributed by atoms with Crippen molar-refractivity contribution in [1.82, 2.24) is 9.80 Å². The van der Waals surface area contributed by atoms with Gasteiger partial charge in [0.05, 0.1) is 5.71 Å². The first-order valence-electron chi connectivity index (χ1n) is 10.7. The van der Waals surface area contributed by atoms with E-state index < -0.39 is 5.60 Å². The van der Waals surface area contributed by atoms with E-state index in [-0.39, 0.29) is 0 Å². The van der Waals surface area contributed by atoms with Crippen LogP contribution in [0.4, 0.5) is 0 Å². The molecule has 1 heterocycles. The highest BCUT2D eigenvalue weighted by molar-refractivity contribution is 6.01. The minimum atomic E-state index is -0.730. The number of likely N-dealkylation sites (N-methyl/N-ethyl adjacent to an activating group) is 2. The quantitative estimate of drug-likeness (QED) is 0.744. The van der Waals surface area contributed by atoms with Crippen LogP contribution in [0.2, 0.25) is 0 Å². The van der Waals surface area contributed by atoms with E-state index in [2.05, 4.69) is 35.7 Å². The molecule has 1 N–H and O–H groups in total. The second-order valence-electron chi connectivity index (χ2n) is 7.63. The lowest BCUT2D eigenvalue weighted by Crippen LogP contribution is -2.57. The lowest BCUT2D eigenvalue weighted by Gasteiger charge is -2.48. The van der Waals surface area contributed by atoms with Gasteiger partial charge in [-0.3, -0.25) is 9.89 Å². The van der Waals surface area contributed by atoms with Crippen molar-refractivity contribution in [3.05, 3.63) is 12.2 Å². The number of hydrogen-bond donors (Lipinski definition) is 1. The van der Waals surface area contributed by atoms with E-state index >= 15 is 0 Å². The summed E-state index contributed by atoms with van der Waals surface area (Å²) in [4.78, 5) is 9.56. The highest BCUT2D eigenvalue weighted by Crippen LogP contribution is 2.35. The van der Waals surface area contributed by atoms with Crippen molar-refractivity contribution in [2.45, 2.75) is 96.9 Å². The summed E-state index contributed by atoms with van der Waals surface area (Å²) >= 11 is 0. The standard InChI is InChI=1S/C20H37N3O.C2H6/c1-6-9-19(21-4)20(24)13-11-17(12-14-20)23(7-2)18-10-8-15-22(5)16(18)3;1-2/h6,9,16-18,24H,7-8,10-15H2,1-5H3;1-2H3/b9-6-,21-19?;. The van der Waals surface area contributed by atoms with Gasteiger partial charge < -0.3 is 10.0 Å². The fourth-order valence-electron chi connectivity index (χ4n) is 4.76. The van der Waals surface area contributed by atoms with Crippen molar-refractivity contribution in [3.8, 4) is 0 Å². The van der Waals surface area contributed by atoms with Gasteiger partial charge in [-0.05, 0) is 78.6 Å². The molecule has 0 radical (unpaired) electrons. The predicted molar refractivity (Wildman–Crippen MR) is 114 cm³/mol. The first kappa shape index (κ1) is 23.3. The van der Waals surface area contributed by atoms with E-state index in [1.807, 2.05) is 32.9 Å². The number of nitrogens with zero attached hydrogens (tertiary/aromatic N) is 3. The SMILES string of the molecule is C/C=C\C(=NC)C1(O)CCC(N(CC)C2CCCN(C)C2C)CC1.CC. The van der Waals surface area contributed by atoms with Crippen molar-refractivity contribution >= 4 is 5.71 Å². The molecule has 1 aliphatic carbocycles. The molecule has 0 bridgehead atoms. The molecule has 152 valence electrons. The molecule has 0 aromatic carbocycles. The fraction of sp³-hybridized carbons (Fsp3) is 0.864. The van der Waals surface area contributed by atoms with Gasteiger partial charge in [-0.15, -0.1) is 0 Å². The Kier molecular flexibility index (Phi) is 10.1. The molecule has 2 rings (SSSR count). The van der Waals surface area contributed by atoms with E-state index in [0.717, 1.165) is 37.9 Å². The van der Waals surface area contributed by atoms with E-state index in [0.29, 0.717) is 18.1 Å². The zero-order chi connectivity index (χ0) is 19.7. The zero-order valence-corrected chi connectivity index (χ0v) is 18.3. The molecule has 0 spiro atoms. The van der Waals surface area contributed by atoms with Crippen molar-refractivity contribution < 1.29 is 5.11 Å². The first-order valence-corrected chi connectivity index (χ1v) is 10.7. The molecule has 26 heavy (non-hydrogen) atoms. The van der Waals surface area contributed by atoms with Gasteiger partial charge in [0, 0.05) is 25.2 Å². The Balaban J connectivity index is 0.00000163. The van der Waals surface area contributed by atoms with E-state index in [1.54, 1.807) is 7.05 Å². The Labute approximate surface area is 162 Å². The Bertz CT molecular complexity index is 452. The molecule has 1 saturated heterocycles. The lowest BCUT2D eigenvalue weighted by molar-refractivity contribution is -0.00675. The second kappa shape index (κ2) is 11.2. The average Bonchev–Trinajstić information content (AvgIpc) is 2.66. The first-order chi connectivity index (χ1) is 12.5. The summed E-state index contributed by atoms with van der Waals surface area (Å²) < 4.78 is 0. The topological polar surface area (TPSA) is 39.1 Å². The normalized spacial score (nSPS) is 34.0. The molecule has 0 amide bonds. The molecule has 4 heteroatoms. The Morgan fingerprint density at radius 3 is 2.38 bits per heavy atom. The molecule has 1 saturated carbocycles. The average molecular weight is 366 g/mol. The summed E-state index contributed by atoms with van der Waals surface area (Å²) in [6.45, 7) is 13.0. The van der Waals surface area contributed by atoms with Crippen LogP contribution in [-0.2, 0) is 0 Å². The van der Waals surface area contributed by atoms with Crippen LogP contribution >= 0.6 is 0 Å². The van der Waals surface area contributed by atoms with Gasteiger partial charge in [0.25, 0.3) is 0 Å². The van der Waals surface area contributed by atoms with E-state index in [4.69, 9.17) is 0 Å². The van der Waals surface area contributed by atoms with Crippen LogP contribution in [0.5, 0.6) is 0 Å². The van der Waals surface area contributed by atoms with E-state index in [9.17, 15) is 5.11 Å². The number of aliphatic imine (C=N–C) groups is 1. The Hall–Kier alpha value is -0.710. The molecule has 1 aliphatic heterocycles. The summed E-state index contributed by atoms with van der Waals surface area (Å²) in [5.41, 5.74) is 0.115. The molecule has 2 aliphatic rings. The minimum Gasteiger partial charge on any atom is -0.384 e. The van der Waals surface area contributed by atoms with Crippen LogP contribution in [-0.4, -0.2) is 71.5 Å². The summed E-state index contributed by atoms with van der Waals surface area (Å²) in [5, 5.41) is 11.0. The third kappa shape index (κ3) is 5.40. The van der Waals surface area contributed by atoms with Gasteiger partial charge in [0.2, 0.25) is 0 Å². The van der Waals surface area contributed by atoms with Crippen molar-refractivity contribution in [1.29, 1.82) is 0 Å². The highest BCUT2D eigenvalue weighted by Gasteiger charge is 2.40. The molecule has 2 atom stereocenters. The zero-order valence-electron chi connectivity index (χ0n) is 18.3.